The SMILES string of the molecule is CCOC(=O)c1c2n(c3ccc(O)cc13)CCCCC2. The number of hydrogen-bond acceptors (Lipinski definition) is 3. The molecule has 0 saturated carbocycles. The van der Waals surface area contributed by atoms with E-state index in [1.165, 1.54) is 6.42 Å². The number of phenols is 1. The first-order chi connectivity index (χ1) is 9.72. The van der Waals surface area contributed by atoms with Gasteiger partial charge in [-0.3, -0.25) is 0 Å². The number of phenolic OH excluding ortho intramolecular Hbond substituents is 1. The fraction of sp³-hybridized carbons (Fsp3) is 0.438. The van der Waals surface area contributed by atoms with Gasteiger partial charge in [0.05, 0.1) is 12.2 Å². The van der Waals surface area contributed by atoms with Crippen molar-refractivity contribution in [2.75, 3.05) is 6.61 Å². The molecular formula is C16H19NO3. The highest BCUT2D eigenvalue weighted by Crippen LogP contribution is 2.32. The van der Waals surface area contributed by atoms with Crippen LogP contribution < -0.4 is 0 Å². The molecule has 3 rings (SSSR count). The van der Waals surface area contributed by atoms with Crippen LogP contribution in [0, 0.1) is 0 Å². The van der Waals surface area contributed by atoms with Crippen LogP contribution in [0.1, 0.15) is 42.2 Å². The van der Waals surface area contributed by atoms with Gasteiger partial charge in [-0.15, -0.1) is 0 Å². The number of benzene rings is 1. The fourth-order valence-electron chi connectivity index (χ4n) is 3.08. The van der Waals surface area contributed by atoms with E-state index in [0.717, 1.165) is 42.4 Å². The summed E-state index contributed by atoms with van der Waals surface area (Å²) in [5.74, 6) is -0.0949. The van der Waals surface area contributed by atoms with Crippen LogP contribution in [0.15, 0.2) is 18.2 Å². The van der Waals surface area contributed by atoms with Crippen LogP contribution in [-0.4, -0.2) is 22.2 Å². The zero-order chi connectivity index (χ0) is 14.1. The van der Waals surface area contributed by atoms with E-state index < -0.39 is 0 Å². The molecule has 20 heavy (non-hydrogen) atoms. The van der Waals surface area contributed by atoms with Crippen LogP contribution in [0.5, 0.6) is 5.75 Å². The van der Waals surface area contributed by atoms with E-state index >= 15 is 0 Å². The van der Waals surface area contributed by atoms with E-state index in [1.54, 1.807) is 12.1 Å². The lowest BCUT2D eigenvalue weighted by molar-refractivity contribution is 0.0527. The lowest BCUT2D eigenvalue weighted by atomic mass is 10.1. The maximum atomic E-state index is 12.3. The molecule has 2 heterocycles. The highest BCUT2D eigenvalue weighted by atomic mass is 16.5. The molecule has 1 aromatic carbocycles. The van der Waals surface area contributed by atoms with E-state index in [0.29, 0.717) is 12.2 Å². The number of ether oxygens (including phenoxy) is 1. The number of fused-ring (bicyclic) bond motifs is 3. The molecule has 0 fully saturated rings. The molecule has 0 atom stereocenters. The number of carbonyl (C=O) groups is 1. The van der Waals surface area contributed by atoms with Crippen molar-refractivity contribution in [2.45, 2.75) is 39.2 Å². The Hall–Kier alpha value is -1.97. The Bertz CT molecular complexity index is 657. The van der Waals surface area contributed by atoms with E-state index in [2.05, 4.69) is 4.57 Å². The van der Waals surface area contributed by atoms with Gasteiger partial charge >= 0.3 is 5.97 Å². The van der Waals surface area contributed by atoms with Crippen LogP contribution >= 0.6 is 0 Å². The lowest BCUT2D eigenvalue weighted by Crippen LogP contribution is -2.09. The molecular weight excluding hydrogens is 254 g/mol. The topological polar surface area (TPSA) is 51.5 Å². The standard InChI is InChI=1S/C16H19NO3/c1-2-20-16(19)15-12-10-11(18)7-8-13(12)17-9-5-3-4-6-14(15)17/h7-8,10,18H,2-6,9H2,1H3. The molecule has 0 aliphatic carbocycles. The number of nitrogens with zero attached hydrogens (tertiary/aromatic N) is 1. The zero-order valence-electron chi connectivity index (χ0n) is 11.7. The second kappa shape index (κ2) is 5.19. The first-order valence-corrected chi connectivity index (χ1v) is 7.23. The van der Waals surface area contributed by atoms with Gasteiger partial charge in [0.25, 0.3) is 0 Å². The highest BCUT2D eigenvalue weighted by Gasteiger charge is 2.24. The van der Waals surface area contributed by atoms with Crippen LogP contribution in [0.4, 0.5) is 0 Å². The predicted octanol–water partition coefficient (Wildman–Crippen LogP) is 3.25. The van der Waals surface area contributed by atoms with E-state index in [-0.39, 0.29) is 11.7 Å². The summed E-state index contributed by atoms with van der Waals surface area (Å²) in [5, 5.41) is 10.5. The Balaban J connectivity index is 2.26. The Morgan fingerprint density at radius 1 is 1.35 bits per heavy atom. The van der Waals surface area contributed by atoms with Crippen molar-refractivity contribution >= 4 is 16.9 Å². The number of carbonyl (C=O) groups excluding carboxylic acids is 1. The van der Waals surface area contributed by atoms with Gasteiger partial charge in [0.15, 0.2) is 0 Å². The molecule has 2 aromatic rings. The van der Waals surface area contributed by atoms with Crippen molar-refractivity contribution in [3.8, 4) is 5.75 Å². The van der Waals surface area contributed by atoms with Gasteiger partial charge in [0.2, 0.25) is 0 Å². The summed E-state index contributed by atoms with van der Waals surface area (Å²) in [5.41, 5.74) is 2.71. The van der Waals surface area contributed by atoms with E-state index in [4.69, 9.17) is 4.74 Å². The van der Waals surface area contributed by atoms with Gasteiger partial charge in [0.1, 0.15) is 5.75 Å². The Morgan fingerprint density at radius 2 is 2.20 bits per heavy atom. The third kappa shape index (κ3) is 2.05. The first-order valence-electron chi connectivity index (χ1n) is 7.23. The number of esters is 1. The Morgan fingerprint density at radius 3 is 3.00 bits per heavy atom. The molecule has 0 amide bonds. The van der Waals surface area contributed by atoms with Crippen LogP contribution in [0.2, 0.25) is 0 Å². The maximum absolute atomic E-state index is 12.3. The Kier molecular flexibility index (Phi) is 3.38. The summed E-state index contributed by atoms with van der Waals surface area (Å²) in [7, 11) is 0. The summed E-state index contributed by atoms with van der Waals surface area (Å²) in [6.45, 7) is 3.10. The number of aryl methyl sites for hydroxylation is 1. The largest absolute Gasteiger partial charge is 0.508 e. The summed E-state index contributed by atoms with van der Waals surface area (Å²) in [6, 6.07) is 5.24. The molecule has 4 nitrogen and oxygen atoms in total. The molecule has 1 aliphatic rings. The molecule has 4 heteroatoms. The summed E-state index contributed by atoms with van der Waals surface area (Å²) < 4.78 is 7.42. The second-order valence-electron chi connectivity index (χ2n) is 5.21. The van der Waals surface area contributed by atoms with Crippen molar-refractivity contribution in [3.05, 3.63) is 29.5 Å². The normalized spacial score (nSPS) is 14.8. The van der Waals surface area contributed by atoms with Crippen molar-refractivity contribution < 1.29 is 14.6 Å². The quantitative estimate of drug-likeness (QED) is 0.854. The zero-order valence-corrected chi connectivity index (χ0v) is 11.7. The molecule has 1 N–H and O–H groups in total. The van der Waals surface area contributed by atoms with Gasteiger partial charge in [-0.25, -0.2) is 4.79 Å². The van der Waals surface area contributed by atoms with Crippen molar-refractivity contribution in [3.63, 3.8) is 0 Å². The lowest BCUT2D eigenvalue weighted by Gasteiger charge is -2.07. The van der Waals surface area contributed by atoms with Crippen molar-refractivity contribution in [2.24, 2.45) is 0 Å². The number of hydrogen-bond donors (Lipinski definition) is 1. The van der Waals surface area contributed by atoms with E-state index in [1.807, 2.05) is 13.0 Å². The minimum absolute atomic E-state index is 0.184. The molecule has 0 radical (unpaired) electrons. The monoisotopic (exact) mass is 273 g/mol. The molecule has 1 aliphatic heterocycles. The first kappa shape index (κ1) is 13.0. The minimum atomic E-state index is -0.279. The molecule has 106 valence electrons. The Labute approximate surface area is 118 Å². The van der Waals surface area contributed by atoms with Gasteiger partial charge in [-0.1, -0.05) is 6.42 Å². The molecule has 1 aromatic heterocycles. The third-order valence-corrected chi connectivity index (χ3v) is 3.93. The van der Waals surface area contributed by atoms with Crippen LogP contribution in [0.25, 0.3) is 10.9 Å². The summed E-state index contributed by atoms with van der Waals surface area (Å²) in [6.07, 6.45) is 4.29. The van der Waals surface area contributed by atoms with Gasteiger partial charge < -0.3 is 14.4 Å². The summed E-state index contributed by atoms with van der Waals surface area (Å²) in [4.78, 5) is 12.3. The van der Waals surface area contributed by atoms with Crippen LogP contribution in [0.3, 0.4) is 0 Å². The third-order valence-electron chi connectivity index (χ3n) is 3.93. The minimum Gasteiger partial charge on any atom is -0.508 e. The molecule has 0 saturated heterocycles. The average Bonchev–Trinajstić information content (AvgIpc) is 2.58. The molecule has 0 bridgehead atoms. The van der Waals surface area contributed by atoms with E-state index in [9.17, 15) is 9.90 Å². The number of rotatable bonds is 2. The fourth-order valence-corrected chi connectivity index (χ4v) is 3.08. The average molecular weight is 273 g/mol. The smallest absolute Gasteiger partial charge is 0.340 e. The van der Waals surface area contributed by atoms with Gasteiger partial charge in [-0.05, 0) is 44.4 Å². The highest BCUT2D eigenvalue weighted by molar-refractivity contribution is 6.06. The molecule has 0 spiro atoms. The summed E-state index contributed by atoms with van der Waals surface area (Å²) >= 11 is 0. The number of aromatic nitrogens is 1. The maximum Gasteiger partial charge on any atom is 0.340 e. The molecule has 0 unspecified atom stereocenters. The van der Waals surface area contributed by atoms with Gasteiger partial charge in [0, 0.05) is 23.1 Å². The second-order valence-corrected chi connectivity index (χ2v) is 5.21. The number of aromatic hydroxyl groups is 1. The van der Waals surface area contributed by atoms with Crippen molar-refractivity contribution in [1.29, 1.82) is 0 Å². The van der Waals surface area contributed by atoms with Gasteiger partial charge in [-0.2, -0.15) is 0 Å². The predicted molar refractivity (Wildman–Crippen MR) is 77.1 cm³/mol. The van der Waals surface area contributed by atoms with Crippen LogP contribution in [-0.2, 0) is 17.7 Å². The van der Waals surface area contributed by atoms with Crippen molar-refractivity contribution in [1.82, 2.24) is 4.57 Å².